The van der Waals surface area contributed by atoms with E-state index in [1.807, 2.05) is 0 Å². The third-order valence-corrected chi connectivity index (χ3v) is 3.44. The molecule has 0 atom stereocenters. The number of hydrogen-bond acceptors (Lipinski definition) is 5. The maximum absolute atomic E-state index is 11.7. The largest absolute Gasteiger partial charge is 0.466 e. The van der Waals surface area contributed by atoms with Crippen LogP contribution in [0.3, 0.4) is 0 Å². The zero-order valence-corrected chi connectivity index (χ0v) is 10.9. The monoisotopic (exact) mass is 272 g/mol. The molecule has 0 spiro atoms. The Morgan fingerprint density at radius 1 is 1.44 bits per heavy atom. The zero-order valence-electron chi connectivity index (χ0n) is 10.1. The molecule has 0 aliphatic carbocycles. The Labute approximate surface area is 106 Å². The fourth-order valence-electron chi connectivity index (χ4n) is 1.25. The molecule has 1 heterocycles. The van der Waals surface area contributed by atoms with E-state index in [0.717, 1.165) is 0 Å². The van der Waals surface area contributed by atoms with Crippen molar-refractivity contribution in [1.82, 2.24) is 9.71 Å². The van der Waals surface area contributed by atoms with Crippen molar-refractivity contribution in [1.29, 1.82) is 0 Å². The van der Waals surface area contributed by atoms with E-state index in [2.05, 4.69) is 9.71 Å². The molecule has 0 aromatic carbocycles. The molecule has 6 nitrogen and oxygen atoms in total. The van der Waals surface area contributed by atoms with Crippen molar-refractivity contribution in [2.24, 2.45) is 0 Å². The van der Waals surface area contributed by atoms with Crippen LogP contribution in [-0.4, -0.2) is 32.5 Å². The Morgan fingerprint density at radius 2 is 2.22 bits per heavy atom. The molecule has 18 heavy (non-hydrogen) atoms. The molecule has 0 amide bonds. The lowest BCUT2D eigenvalue weighted by atomic mass is 10.3. The van der Waals surface area contributed by atoms with Gasteiger partial charge in [0.05, 0.1) is 6.61 Å². The number of esters is 1. The summed E-state index contributed by atoms with van der Waals surface area (Å²) in [5, 5.41) is -0.0267. The van der Waals surface area contributed by atoms with Gasteiger partial charge in [-0.15, -0.1) is 0 Å². The molecule has 1 rings (SSSR count). The molecular formula is C11H16N2O4S. The second-order valence-corrected chi connectivity index (χ2v) is 5.19. The van der Waals surface area contributed by atoms with Crippen molar-refractivity contribution in [3.63, 3.8) is 0 Å². The number of ether oxygens (including phenoxy) is 1. The van der Waals surface area contributed by atoms with Crippen LogP contribution < -0.4 is 4.72 Å². The predicted octanol–water partition coefficient (Wildman–Crippen LogP) is 0.703. The molecule has 0 bridgehead atoms. The summed E-state index contributed by atoms with van der Waals surface area (Å²) in [5.74, 6) is -0.325. The van der Waals surface area contributed by atoms with Gasteiger partial charge in [-0.1, -0.05) is 6.07 Å². The fraction of sp³-hybridized carbons (Fsp3) is 0.455. The lowest BCUT2D eigenvalue weighted by Crippen LogP contribution is -2.26. The van der Waals surface area contributed by atoms with Gasteiger partial charge in [0.1, 0.15) is 0 Å². The van der Waals surface area contributed by atoms with E-state index in [1.54, 1.807) is 19.1 Å². The van der Waals surface area contributed by atoms with Crippen molar-refractivity contribution in [2.75, 3.05) is 13.2 Å². The molecule has 100 valence electrons. The summed E-state index contributed by atoms with van der Waals surface area (Å²) >= 11 is 0. The van der Waals surface area contributed by atoms with Crippen LogP contribution in [0.1, 0.15) is 19.8 Å². The van der Waals surface area contributed by atoms with Gasteiger partial charge in [-0.05, 0) is 25.5 Å². The summed E-state index contributed by atoms with van der Waals surface area (Å²) in [6.45, 7) is 2.23. The van der Waals surface area contributed by atoms with E-state index in [1.165, 1.54) is 12.3 Å². The van der Waals surface area contributed by atoms with Crippen LogP contribution in [0, 0.1) is 0 Å². The van der Waals surface area contributed by atoms with Gasteiger partial charge in [-0.3, -0.25) is 4.79 Å². The van der Waals surface area contributed by atoms with Gasteiger partial charge in [-0.25, -0.2) is 18.1 Å². The van der Waals surface area contributed by atoms with E-state index < -0.39 is 10.0 Å². The summed E-state index contributed by atoms with van der Waals surface area (Å²) in [5.41, 5.74) is 0. The molecule has 1 aromatic rings. The lowest BCUT2D eigenvalue weighted by molar-refractivity contribution is -0.143. The number of rotatable bonds is 7. The molecule has 1 aromatic heterocycles. The molecule has 0 aliphatic heterocycles. The number of carbonyl (C=O) groups is 1. The Kier molecular flexibility index (Phi) is 5.73. The Balaban J connectivity index is 2.37. The number of hydrogen-bond donors (Lipinski definition) is 1. The average molecular weight is 272 g/mol. The van der Waals surface area contributed by atoms with Crippen molar-refractivity contribution in [2.45, 2.75) is 24.8 Å². The van der Waals surface area contributed by atoms with E-state index >= 15 is 0 Å². The molecule has 0 radical (unpaired) electrons. The van der Waals surface area contributed by atoms with Gasteiger partial charge in [0.15, 0.2) is 5.03 Å². The van der Waals surface area contributed by atoms with Gasteiger partial charge in [0.2, 0.25) is 0 Å². The third-order valence-electron chi connectivity index (χ3n) is 2.07. The molecule has 0 saturated carbocycles. The maximum atomic E-state index is 11.7. The molecular weight excluding hydrogens is 256 g/mol. The Bertz CT molecular complexity index is 473. The van der Waals surface area contributed by atoms with Crippen LogP contribution in [0.25, 0.3) is 0 Å². The number of aromatic nitrogens is 1. The topological polar surface area (TPSA) is 85.4 Å². The van der Waals surface area contributed by atoms with Crippen molar-refractivity contribution < 1.29 is 17.9 Å². The first-order chi connectivity index (χ1) is 8.56. The first kappa shape index (κ1) is 14.6. The van der Waals surface area contributed by atoms with Crippen LogP contribution in [0.4, 0.5) is 0 Å². The minimum atomic E-state index is -3.58. The molecule has 0 unspecified atom stereocenters. The van der Waals surface area contributed by atoms with Crippen molar-refractivity contribution in [3.05, 3.63) is 24.4 Å². The molecule has 1 N–H and O–H groups in total. The second-order valence-electron chi connectivity index (χ2n) is 3.47. The SMILES string of the molecule is CCOC(=O)CCCNS(=O)(=O)c1ccccn1. The second kappa shape index (κ2) is 7.07. The van der Waals surface area contributed by atoms with Crippen LogP contribution in [0.2, 0.25) is 0 Å². The van der Waals surface area contributed by atoms with E-state index in [-0.39, 0.29) is 24.0 Å². The molecule has 0 saturated heterocycles. The van der Waals surface area contributed by atoms with Crippen LogP contribution in [0.5, 0.6) is 0 Å². The van der Waals surface area contributed by atoms with Crippen molar-refractivity contribution in [3.8, 4) is 0 Å². The highest BCUT2D eigenvalue weighted by Crippen LogP contribution is 2.03. The highest BCUT2D eigenvalue weighted by molar-refractivity contribution is 7.89. The van der Waals surface area contributed by atoms with Gasteiger partial charge in [-0.2, -0.15) is 0 Å². The summed E-state index contributed by atoms with van der Waals surface area (Å²) in [6, 6.07) is 4.65. The van der Waals surface area contributed by atoms with Gasteiger partial charge in [0.25, 0.3) is 10.0 Å². The van der Waals surface area contributed by atoms with Crippen LogP contribution in [-0.2, 0) is 19.6 Å². The van der Waals surface area contributed by atoms with Crippen molar-refractivity contribution >= 4 is 16.0 Å². The number of nitrogens with zero attached hydrogens (tertiary/aromatic N) is 1. The van der Waals surface area contributed by atoms with Crippen LogP contribution in [0.15, 0.2) is 29.4 Å². The minimum absolute atomic E-state index is 0.0267. The Hall–Kier alpha value is -1.47. The van der Waals surface area contributed by atoms with E-state index in [4.69, 9.17) is 4.74 Å². The third kappa shape index (κ3) is 4.80. The first-order valence-corrected chi connectivity index (χ1v) is 7.11. The maximum Gasteiger partial charge on any atom is 0.305 e. The summed E-state index contributed by atoms with van der Waals surface area (Å²) in [7, 11) is -3.58. The summed E-state index contributed by atoms with van der Waals surface area (Å²) < 4.78 is 30.5. The van der Waals surface area contributed by atoms with E-state index in [9.17, 15) is 13.2 Å². The molecule has 0 aliphatic rings. The highest BCUT2D eigenvalue weighted by atomic mass is 32.2. The number of pyridine rings is 1. The Morgan fingerprint density at radius 3 is 2.83 bits per heavy atom. The van der Waals surface area contributed by atoms with Crippen LogP contribution >= 0.6 is 0 Å². The number of nitrogens with one attached hydrogen (secondary N) is 1. The number of carbonyl (C=O) groups excluding carboxylic acids is 1. The smallest absolute Gasteiger partial charge is 0.305 e. The zero-order chi connectivity index (χ0) is 13.4. The van der Waals surface area contributed by atoms with Gasteiger partial charge >= 0.3 is 5.97 Å². The quantitative estimate of drug-likeness (QED) is 0.583. The normalized spacial score (nSPS) is 11.2. The summed E-state index contributed by atoms with van der Waals surface area (Å²) in [6.07, 6.45) is 2.00. The fourth-order valence-corrected chi connectivity index (χ4v) is 2.27. The average Bonchev–Trinajstić information content (AvgIpc) is 2.36. The number of sulfonamides is 1. The van der Waals surface area contributed by atoms with Gasteiger partial charge in [0, 0.05) is 19.2 Å². The molecule has 7 heteroatoms. The standard InChI is InChI=1S/C11H16N2O4S/c1-2-17-11(14)7-5-9-13-18(15,16)10-6-3-4-8-12-10/h3-4,6,8,13H,2,5,7,9H2,1H3. The van der Waals surface area contributed by atoms with E-state index in [0.29, 0.717) is 13.0 Å². The molecule has 0 fully saturated rings. The van der Waals surface area contributed by atoms with Gasteiger partial charge < -0.3 is 4.74 Å². The highest BCUT2D eigenvalue weighted by Gasteiger charge is 2.14. The first-order valence-electron chi connectivity index (χ1n) is 5.62. The summed E-state index contributed by atoms with van der Waals surface area (Å²) in [4.78, 5) is 14.8. The minimum Gasteiger partial charge on any atom is -0.466 e. The predicted molar refractivity (Wildman–Crippen MR) is 65.3 cm³/mol. The lowest BCUT2D eigenvalue weighted by Gasteiger charge is -2.05.